The molecule has 0 aliphatic carbocycles. The van der Waals surface area contributed by atoms with E-state index in [1.807, 2.05) is 12.1 Å². The van der Waals surface area contributed by atoms with Crippen molar-refractivity contribution >= 4 is 31.9 Å². The molecule has 1 N–H and O–H groups in total. The molecule has 1 aromatic rings. The molecule has 0 fully saturated rings. The lowest BCUT2D eigenvalue weighted by molar-refractivity contribution is 0.192. The molecule has 0 aliphatic heterocycles. The number of benzene rings is 1. The smallest absolute Gasteiger partial charge is 0.135 e. The molecule has 3 nitrogen and oxygen atoms in total. The van der Waals surface area contributed by atoms with Gasteiger partial charge in [0.25, 0.3) is 0 Å². The van der Waals surface area contributed by atoms with Gasteiger partial charge in [-0.05, 0) is 63.4 Å². The van der Waals surface area contributed by atoms with E-state index >= 15 is 0 Å². The highest BCUT2D eigenvalue weighted by Gasteiger charge is 2.13. The number of rotatable bonds is 8. The minimum atomic E-state index is 0.170. The standard InChI is InChI=1S/C14H21Br2NO2/c1-4-6-17-9-10(5-2)19-14-8-11(15)13(18-3)7-12(14)16/h7-8,10,17H,4-6,9H2,1-3H3. The second kappa shape index (κ2) is 8.82. The lowest BCUT2D eigenvalue weighted by Crippen LogP contribution is -2.31. The van der Waals surface area contributed by atoms with E-state index in [1.165, 1.54) is 0 Å². The Morgan fingerprint density at radius 1 is 1.16 bits per heavy atom. The zero-order valence-corrected chi connectivity index (χ0v) is 14.8. The summed E-state index contributed by atoms with van der Waals surface area (Å²) in [6.45, 7) is 6.17. The van der Waals surface area contributed by atoms with E-state index in [-0.39, 0.29) is 6.10 Å². The SMILES string of the molecule is CCCNCC(CC)Oc1cc(Br)c(OC)cc1Br. The van der Waals surface area contributed by atoms with Gasteiger partial charge >= 0.3 is 0 Å². The van der Waals surface area contributed by atoms with Crippen LogP contribution in [0.25, 0.3) is 0 Å². The van der Waals surface area contributed by atoms with Crippen LogP contribution in [0.5, 0.6) is 11.5 Å². The average molecular weight is 395 g/mol. The van der Waals surface area contributed by atoms with Crippen molar-refractivity contribution in [1.82, 2.24) is 5.32 Å². The van der Waals surface area contributed by atoms with Crippen LogP contribution >= 0.6 is 31.9 Å². The molecule has 1 atom stereocenters. The molecule has 0 radical (unpaired) electrons. The number of halogens is 2. The summed E-state index contributed by atoms with van der Waals surface area (Å²) in [6, 6.07) is 3.84. The summed E-state index contributed by atoms with van der Waals surface area (Å²) >= 11 is 6.99. The van der Waals surface area contributed by atoms with Gasteiger partial charge in [-0.15, -0.1) is 0 Å². The van der Waals surface area contributed by atoms with Crippen molar-refractivity contribution in [1.29, 1.82) is 0 Å². The molecule has 0 heterocycles. The van der Waals surface area contributed by atoms with E-state index in [9.17, 15) is 0 Å². The molecule has 108 valence electrons. The van der Waals surface area contributed by atoms with Crippen molar-refractivity contribution in [2.24, 2.45) is 0 Å². The lowest BCUT2D eigenvalue weighted by Gasteiger charge is -2.19. The maximum absolute atomic E-state index is 6.03. The maximum atomic E-state index is 6.03. The van der Waals surface area contributed by atoms with Crippen LogP contribution in [-0.4, -0.2) is 26.3 Å². The topological polar surface area (TPSA) is 30.5 Å². The summed E-state index contributed by atoms with van der Waals surface area (Å²) in [5, 5.41) is 3.39. The predicted octanol–water partition coefficient (Wildman–Crippen LogP) is 4.38. The zero-order valence-electron chi connectivity index (χ0n) is 11.6. The molecular formula is C14H21Br2NO2. The van der Waals surface area contributed by atoms with Gasteiger partial charge in [0.05, 0.1) is 16.1 Å². The fourth-order valence-electron chi connectivity index (χ4n) is 1.65. The molecule has 0 bridgehead atoms. The van der Waals surface area contributed by atoms with Gasteiger partial charge in [0.1, 0.15) is 17.6 Å². The lowest BCUT2D eigenvalue weighted by atomic mass is 10.2. The normalized spacial score (nSPS) is 12.3. The summed E-state index contributed by atoms with van der Waals surface area (Å²) in [5.74, 6) is 1.62. The van der Waals surface area contributed by atoms with E-state index in [0.29, 0.717) is 0 Å². The van der Waals surface area contributed by atoms with Gasteiger partial charge in [-0.25, -0.2) is 0 Å². The Bertz CT molecular complexity index is 399. The van der Waals surface area contributed by atoms with Gasteiger partial charge in [-0.2, -0.15) is 0 Å². The van der Waals surface area contributed by atoms with Crippen LogP contribution in [0.4, 0.5) is 0 Å². The van der Waals surface area contributed by atoms with Crippen LogP contribution in [0, 0.1) is 0 Å². The largest absolute Gasteiger partial charge is 0.496 e. The van der Waals surface area contributed by atoms with Gasteiger partial charge in [0.2, 0.25) is 0 Å². The van der Waals surface area contributed by atoms with E-state index in [2.05, 4.69) is 51.0 Å². The van der Waals surface area contributed by atoms with Crippen LogP contribution in [0.2, 0.25) is 0 Å². The fraction of sp³-hybridized carbons (Fsp3) is 0.571. The Morgan fingerprint density at radius 3 is 2.37 bits per heavy atom. The van der Waals surface area contributed by atoms with Crippen molar-refractivity contribution in [3.63, 3.8) is 0 Å². The molecular weight excluding hydrogens is 374 g/mol. The number of methoxy groups -OCH3 is 1. The number of nitrogens with one attached hydrogen (secondary N) is 1. The van der Waals surface area contributed by atoms with Crippen LogP contribution in [0.1, 0.15) is 26.7 Å². The maximum Gasteiger partial charge on any atom is 0.135 e. The molecule has 0 spiro atoms. The fourth-order valence-corrected chi connectivity index (χ4v) is 2.55. The Kier molecular flexibility index (Phi) is 7.80. The van der Waals surface area contributed by atoms with Gasteiger partial charge in [0, 0.05) is 6.54 Å². The number of hydrogen-bond donors (Lipinski definition) is 1. The van der Waals surface area contributed by atoms with Crippen LogP contribution in [0.15, 0.2) is 21.1 Å². The van der Waals surface area contributed by atoms with E-state index in [0.717, 1.165) is 46.4 Å². The van der Waals surface area contributed by atoms with Crippen LogP contribution in [-0.2, 0) is 0 Å². The van der Waals surface area contributed by atoms with Crippen molar-refractivity contribution in [3.8, 4) is 11.5 Å². The number of hydrogen-bond acceptors (Lipinski definition) is 3. The summed E-state index contributed by atoms with van der Waals surface area (Å²) in [5.41, 5.74) is 0. The Hall–Kier alpha value is -0.260. The first-order valence-electron chi connectivity index (χ1n) is 6.52. The van der Waals surface area contributed by atoms with Crippen molar-refractivity contribution < 1.29 is 9.47 Å². The molecule has 5 heteroatoms. The first-order chi connectivity index (χ1) is 9.12. The minimum absolute atomic E-state index is 0.170. The molecule has 0 aliphatic rings. The summed E-state index contributed by atoms with van der Waals surface area (Å²) < 4.78 is 13.1. The predicted molar refractivity (Wildman–Crippen MR) is 86.3 cm³/mol. The molecule has 0 saturated carbocycles. The third-order valence-electron chi connectivity index (χ3n) is 2.75. The Labute approximate surface area is 132 Å². The monoisotopic (exact) mass is 393 g/mol. The second-order valence-electron chi connectivity index (χ2n) is 4.27. The Balaban J connectivity index is 2.71. The first kappa shape index (κ1) is 16.8. The minimum Gasteiger partial charge on any atom is -0.496 e. The highest BCUT2D eigenvalue weighted by Crippen LogP contribution is 2.36. The molecule has 1 aromatic carbocycles. The van der Waals surface area contributed by atoms with Crippen molar-refractivity contribution in [2.75, 3.05) is 20.2 Å². The first-order valence-corrected chi connectivity index (χ1v) is 8.11. The Morgan fingerprint density at radius 2 is 1.79 bits per heavy atom. The molecule has 0 amide bonds. The molecule has 0 saturated heterocycles. The van der Waals surface area contributed by atoms with Gasteiger partial charge in [-0.3, -0.25) is 0 Å². The summed E-state index contributed by atoms with van der Waals surface area (Å²) in [4.78, 5) is 0. The third-order valence-corrected chi connectivity index (χ3v) is 3.99. The quantitative estimate of drug-likeness (QED) is 0.663. The van der Waals surface area contributed by atoms with Gasteiger partial charge < -0.3 is 14.8 Å². The van der Waals surface area contributed by atoms with Crippen LogP contribution < -0.4 is 14.8 Å². The van der Waals surface area contributed by atoms with Crippen LogP contribution in [0.3, 0.4) is 0 Å². The van der Waals surface area contributed by atoms with E-state index < -0.39 is 0 Å². The van der Waals surface area contributed by atoms with Crippen molar-refractivity contribution in [3.05, 3.63) is 21.1 Å². The molecule has 1 unspecified atom stereocenters. The second-order valence-corrected chi connectivity index (χ2v) is 5.98. The van der Waals surface area contributed by atoms with E-state index in [1.54, 1.807) is 7.11 Å². The summed E-state index contributed by atoms with van der Waals surface area (Å²) in [7, 11) is 1.65. The van der Waals surface area contributed by atoms with Gasteiger partial charge in [-0.1, -0.05) is 13.8 Å². The average Bonchev–Trinajstić information content (AvgIpc) is 2.41. The highest BCUT2D eigenvalue weighted by molar-refractivity contribution is 9.11. The van der Waals surface area contributed by atoms with Crippen molar-refractivity contribution in [2.45, 2.75) is 32.8 Å². The van der Waals surface area contributed by atoms with Gasteiger partial charge in [0.15, 0.2) is 0 Å². The highest BCUT2D eigenvalue weighted by atomic mass is 79.9. The molecule has 19 heavy (non-hydrogen) atoms. The summed E-state index contributed by atoms with van der Waals surface area (Å²) in [6.07, 6.45) is 2.27. The third kappa shape index (κ3) is 5.32. The zero-order chi connectivity index (χ0) is 14.3. The number of ether oxygens (including phenoxy) is 2. The van der Waals surface area contributed by atoms with E-state index in [4.69, 9.17) is 9.47 Å². The molecule has 0 aromatic heterocycles. The molecule has 1 rings (SSSR count).